The maximum absolute atomic E-state index is 10.9. The zero-order valence-corrected chi connectivity index (χ0v) is 19.1. The summed E-state index contributed by atoms with van der Waals surface area (Å²) in [5.74, 6) is -0.0136. The van der Waals surface area contributed by atoms with Crippen molar-refractivity contribution in [2.45, 2.75) is 53.1 Å². The lowest BCUT2D eigenvalue weighted by Crippen LogP contribution is -2.03. The standard InChI is InChI=1S/C24H26ClNO3S/c1-4-5-17-6-8-19(9-7-17)23-20(24(25)26-30-23)14-29-21-12-10-18(11-13-22(27)28)15(2)16(21)3/h6-10,12H,4-5,11,13-14H2,1-3H3,(H,27,28). The molecule has 0 saturated heterocycles. The van der Waals surface area contributed by atoms with E-state index in [1.165, 1.54) is 17.1 Å². The molecule has 0 bridgehead atoms. The molecule has 0 atom stereocenters. The molecule has 0 aliphatic carbocycles. The van der Waals surface area contributed by atoms with Crippen LogP contribution in [0.2, 0.25) is 5.15 Å². The van der Waals surface area contributed by atoms with E-state index in [0.717, 1.165) is 51.3 Å². The lowest BCUT2D eigenvalue weighted by Gasteiger charge is -2.14. The van der Waals surface area contributed by atoms with E-state index in [2.05, 4.69) is 35.6 Å². The Morgan fingerprint density at radius 1 is 1.10 bits per heavy atom. The molecule has 3 rings (SSSR count). The number of benzene rings is 2. The molecule has 1 aromatic heterocycles. The van der Waals surface area contributed by atoms with E-state index in [-0.39, 0.29) is 6.42 Å². The number of aromatic nitrogens is 1. The molecule has 3 aromatic rings. The predicted molar refractivity (Wildman–Crippen MR) is 123 cm³/mol. The molecule has 1 heterocycles. The first-order valence-corrected chi connectivity index (χ1v) is 11.2. The van der Waals surface area contributed by atoms with E-state index < -0.39 is 5.97 Å². The van der Waals surface area contributed by atoms with Gasteiger partial charge in [0.1, 0.15) is 17.5 Å². The first-order chi connectivity index (χ1) is 14.4. The lowest BCUT2D eigenvalue weighted by atomic mass is 9.99. The van der Waals surface area contributed by atoms with Gasteiger partial charge in [-0.25, -0.2) is 0 Å². The molecule has 1 N–H and O–H groups in total. The minimum atomic E-state index is -0.790. The molecule has 158 valence electrons. The summed E-state index contributed by atoms with van der Waals surface area (Å²) >= 11 is 7.76. The smallest absolute Gasteiger partial charge is 0.303 e. The number of carboxylic acid groups (broad SMARTS) is 1. The second-order valence-electron chi connectivity index (χ2n) is 7.38. The Morgan fingerprint density at radius 3 is 2.50 bits per heavy atom. The van der Waals surface area contributed by atoms with Gasteiger partial charge in [-0.1, -0.05) is 55.3 Å². The highest BCUT2D eigenvalue weighted by Gasteiger charge is 2.16. The summed E-state index contributed by atoms with van der Waals surface area (Å²) in [6, 6.07) is 12.4. The Bertz CT molecular complexity index is 1030. The van der Waals surface area contributed by atoms with Crippen molar-refractivity contribution in [3.63, 3.8) is 0 Å². The van der Waals surface area contributed by atoms with E-state index in [9.17, 15) is 4.79 Å². The quantitative estimate of drug-likeness (QED) is 0.403. The highest BCUT2D eigenvalue weighted by molar-refractivity contribution is 7.10. The van der Waals surface area contributed by atoms with E-state index in [1.54, 1.807) is 0 Å². The first-order valence-electron chi connectivity index (χ1n) is 10.1. The van der Waals surface area contributed by atoms with Crippen LogP contribution in [0.3, 0.4) is 0 Å². The van der Waals surface area contributed by atoms with Crippen molar-refractivity contribution in [3.05, 3.63) is 69.4 Å². The maximum atomic E-state index is 10.9. The van der Waals surface area contributed by atoms with Crippen LogP contribution in [0.1, 0.15) is 47.6 Å². The second kappa shape index (κ2) is 10.1. The van der Waals surface area contributed by atoms with Crippen molar-refractivity contribution in [1.82, 2.24) is 4.37 Å². The minimum absolute atomic E-state index is 0.122. The number of rotatable bonds is 9. The number of halogens is 1. The largest absolute Gasteiger partial charge is 0.488 e. The molecule has 0 saturated carbocycles. The van der Waals surface area contributed by atoms with E-state index in [0.29, 0.717) is 18.2 Å². The molecule has 6 heteroatoms. The number of ether oxygens (including phenoxy) is 1. The van der Waals surface area contributed by atoms with Gasteiger partial charge in [0, 0.05) is 12.0 Å². The predicted octanol–water partition coefficient (Wildman–Crippen LogP) is 6.63. The average molecular weight is 444 g/mol. The lowest BCUT2D eigenvalue weighted by molar-refractivity contribution is -0.136. The zero-order valence-electron chi connectivity index (χ0n) is 17.5. The SMILES string of the molecule is CCCc1ccc(-c2snc(Cl)c2COc2ccc(CCC(=O)O)c(C)c2C)cc1. The summed E-state index contributed by atoms with van der Waals surface area (Å²) in [5.41, 5.74) is 6.42. The van der Waals surface area contributed by atoms with Crippen LogP contribution in [0.5, 0.6) is 5.75 Å². The molecular weight excluding hydrogens is 418 g/mol. The molecule has 2 aromatic carbocycles. The zero-order chi connectivity index (χ0) is 21.7. The van der Waals surface area contributed by atoms with E-state index in [1.807, 2.05) is 26.0 Å². The normalized spacial score (nSPS) is 10.9. The number of nitrogens with zero attached hydrogens (tertiary/aromatic N) is 1. The molecular formula is C24H26ClNO3S. The summed E-state index contributed by atoms with van der Waals surface area (Å²) < 4.78 is 10.4. The van der Waals surface area contributed by atoms with Crippen molar-refractivity contribution in [1.29, 1.82) is 0 Å². The molecule has 0 aliphatic rings. The van der Waals surface area contributed by atoms with Crippen molar-refractivity contribution in [3.8, 4) is 16.2 Å². The Balaban J connectivity index is 1.77. The van der Waals surface area contributed by atoms with Gasteiger partial charge in [-0.3, -0.25) is 4.79 Å². The van der Waals surface area contributed by atoms with Crippen LogP contribution in [0, 0.1) is 13.8 Å². The number of aliphatic carboxylic acids is 1. The van der Waals surface area contributed by atoms with Crippen molar-refractivity contribution < 1.29 is 14.6 Å². The summed E-state index contributed by atoms with van der Waals surface area (Å²) in [5, 5.41) is 9.40. The summed E-state index contributed by atoms with van der Waals surface area (Å²) in [6.45, 7) is 6.50. The van der Waals surface area contributed by atoms with Gasteiger partial charge >= 0.3 is 5.97 Å². The van der Waals surface area contributed by atoms with Crippen LogP contribution in [0.15, 0.2) is 36.4 Å². The fourth-order valence-electron chi connectivity index (χ4n) is 3.42. The fourth-order valence-corrected chi connectivity index (χ4v) is 4.52. The Hall–Kier alpha value is -2.37. The number of aryl methyl sites for hydroxylation is 2. The van der Waals surface area contributed by atoms with Crippen LogP contribution in [0.25, 0.3) is 10.4 Å². The van der Waals surface area contributed by atoms with Crippen LogP contribution >= 0.6 is 23.1 Å². The third-order valence-corrected chi connectivity index (χ3v) is 6.68. The number of carboxylic acids is 1. The van der Waals surface area contributed by atoms with Crippen molar-refractivity contribution >= 4 is 29.1 Å². The Labute approximate surface area is 186 Å². The monoisotopic (exact) mass is 443 g/mol. The fraction of sp³-hybridized carbons (Fsp3) is 0.333. The molecule has 0 fully saturated rings. The minimum Gasteiger partial charge on any atom is -0.488 e. The van der Waals surface area contributed by atoms with Gasteiger partial charge in [0.25, 0.3) is 0 Å². The number of hydrogen-bond donors (Lipinski definition) is 1. The summed E-state index contributed by atoms with van der Waals surface area (Å²) in [6.07, 6.45) is 2.83. The third-order valence-electron chi connectivity index (χ3n) is 5.32. The van der Waals surface area contributed by atoms with Crippen LogP contribution < -0.4 is 4.74 Å². The molecule has 0 radical (unpaired) electrons. The highest BCUT2D eigenvalue weighted by Crippen LogP contribution is 2.35. The Kier molecular flexibility index (Phi) is 7.51. The van der Waals surface area contributed by atoms with Gasteiger partial charge in [0.2, 0.25) is 0 Å². The van der Waals surface area contributed by atoms with Gasteiger partial charge in [-0.05, 0) is 72.1 Å². The van der Waals surface area contributed by atoms with Gasteiger partial charge in [0.15, 0.2) is 0 Å². The Morgan fingerprint density at radius 2 is 1.83 bits per heavy atom. The topological polar surface area (TPSA) is 59.4 Å². The van der Waals surface area contributed by atoms with Crippen LogP contribution in [0.4, 0.5) is 0 Å². The van der Waals surface area contributed by atoms with Crippen LogP contribution in [-0.2, 0) is 24.2 Å². The van der Waals surface area contributed by atoms with Gasteiger partial charge < -0.3 is 9.84 Å². The van der Waals surface area contributed by atoms with Gasteiger partial charge in [-0.15, -0.1) is 0 Å². The molecule has 4 nitrogen and oxygen atoms in total. The van der Waals surface area contributed by atoms with Crippen LogP contribution in [-0.4, -0.2) is 15.4 Å². The van der Waals surface area contributed by atoms with Gasteiger partial charge in [-0.2, -0.15) is 4.37 Å². The highest BCUT2D eigenvalue weighted by atomic mass is 35.5. The molecule has 0 aliphatic heterocycles. The van der Waals surface area contributed by atoms with Gasteiger partial charge in [0.05, 0.1) is 4.88 Å². The van der Waals surface area contributed by atoms with E-state index in [4.69, 9.17) is 21.4 Å². The maximum Gasteiger partial charge on any atom is 0.303 e. The number of hydrogen-bond acceptors (Lipinski definition) is 4. The summed E-state index contributed by atoms with van der Waals surface area (Å²) in [4.78, 5) is 11.9. The second-order valence-corrected chi connectivity index (χ2v) is 8.51. The summed E-state index contributed by atoms with van der Waals surface area (Å²) in [7, 11) is 0. The molecule has 0 unspecified atom stereocenters. The molecule has 0 amide bonds. The van der Waals surface area contributed by atoms with Crippen molar-refractivity contribution in [2.75, 3.05) is 0 Å². The first kappa shape index (κ1) is 22.3. The van der Waals surface area contributed by atoms with Crippen molar-refractivity contribution in [2.24, 2.45) is 0 Å². The molecule has 30 heavy (non-hydrogen) atoms. The average Bonchev–Trinajstić information content (AvgIpc) is 3.09. The van der Waals surface area contributed by atoms with E-state index >= 15 is 0 Å². The number of carbonyl (C=O) groups is 1. The molecule has 0 spiro atoms. The third kappa shape index (κ3) is 5.21.